The molecule has 0 radical (unpaired) electrons. The first-order chi connectivity index (χ1) is 8.04. The molecule has 0 heterocycles. The van der Waals surface area contributed by atoms with Crippen molar-refractivity contribution in [1.29, 1.82) is 0 Å². The van der Waals surface area contributed by atoms with E-state index in [4.69, 9.17) is 5.11 Å². The van der Waals surface area contributed by atoms with Crippen molar-refractivity contribution >= 4 is 11.9 Å². The predicted octanol–water partition coefficient (Wildman–Crippen LogP) is 1.92. The number of carbonyl (C=O) groups is 2. The monoisotopic (exact) mass is 233 g/mol. The molecular weight excluding hydrogens is 218 g/mol. The zero-order chi connectivity index (χ0) is 12.8. The summed E-state index contributed by atoms with van der Waals surface area (Å²) in [6.45, 7) is 6.03. The number of carboxylic acid groups (broad SMARTS) is 1. The molecule has 1 amide bonds. The summed E-state index contributed by atoms with van der Waals surface area (Å²) >= 11 is 0. The number of carboxylic acids is 1. The summed E-state index contributed by atoms with van der Waals surface area (Å²) in [7, 11) is 0. The number of hydrogen-bond donors (Lipinski definition) is 1. The summed E-state index contributed by atoms with van der Waals surface area (Å²) < 4.78 is 0. The first kappa shape index (κ1) is 13.0. The van der Waals surface area contributed by atoms with E-state index in [1.54, 1.807) is 23.1 Å². The van der Waals surface area contributed by atoms with Crippen molar-refractivity contribution in [3.05, 3.63) is 48.0 Å². The summed E-state index contributed by atoms with van der Waals surface area (Å²) in [6.07, 6.45) is 1.66. The van der Waals surface area contributed by atoms with Crippen molar-refractivity contribution in [2.45, 2.75) is 13.5 Å². The lowest BCUT2D eigenvalue weighted by molar-refractivity contribution is -0.128. The molecule has 0 aliphatic heterocycles. The van der Waals surface area contributed by atoms with Crippen molar-refractivity contribution in [3.63, 3.8) is 0 Å². The van der Waals surface area contributed by atoms with Gasteiger partial charge in [0.25, 0.3) is 0 Å². The molecule has 0 aliphatic carbocycles. The molecular formula is C13H15NO3. The number of hydrogen-bond acceptors (Lipinski definition) is 2. The fraction of sp³-hybridized carbons (Fsp3) is 0.231. The lowest BCUT2D eigenvalue weighted by atomic mass is 10.1. The van der Waals surface area contributed by atoms with Crippen molar-refractivity contribution in [2.75, 3.05) is 6.54 Å². The third kappa shape index (κ3) is 3.75. The molecule has 1 aromatic carbocycles. The maximum Gasteiger partial charge on any atom is 0.335 e. The average molecular weight is 233 g/mol. The van der Waals surface area contributed by atoms with Gasteiger partial charge in [-0.25, -0.2) is 4.79 Å². The van der Waals surface area contributed by atoms with Gasteiger partial charge in [-0.3, -0.25) is 4.79 Å². The zero-order valence-corrected chi connectivity index (χ0v) is 9.72. The van der Waals surface area contributed by atoms with Gasteiger partial charge in [0.05, 0.1) is 5.56 Å². The quantitative estimate of drug-likeness (QED) is 0.790. The van der Waals surface area contributed by atoms with Crippen LogP contribution in [-0.2, 0) is 11.3 Å². The maximum atomic E-state index is 11.3. The number of carbonyl (C=O) groups excluding carboxylic acids is 1. The molecule has 1 rings (SSSR count). The van der Waals surface area contributed by atoms with Crippen LogP contribution in [0.1, 0.15) is 22.8 Å². The van der Waals surface area contributed by atoms with Crippen LogP contribution in [0.15, 0.2) is 36.9 Å². The first-order valence-electron chi connectivity index (χ1n) is 5.23. The van der Waals surface area contributed by atoms with Gasteiger partial charge in [0.2, 0.25) is 5.91 Å². The van der Waals surface area contributed by atoms with Gasteiger partial charge in [0.1, 0.15) is 0 Å². The molecule has 0 bridgehead atoms. The fourth-order valence-electron chi connectivity index (χ4n) is 1.43. The van der Waals surface area contributed by atoms with Crippen LogP contribution in [0.3, 0.4) is 0 Å². The number of aromatic carboxylic acids is 1. The van der Waals surface area contributed by atoms with Gasteiger partial charge < -0.3 is 10.0 Å². The fourth-order valence-corrected chi connectivity index (χ4v) is 1.43. The SMILES string of the molecule is C=CCN(Cc1ccc(C(=O)O)cc1)C(C)=O. The number of nitrogens with zero attached hydrogens (tertiary/aromatic N) is 1. The van der Waals surface area contributed by atoms with Crippen LogP contribution >= 0.6 is 0 Å². The third-order valence-corrected chi connectivity index (χ3v) is 2.37. The van der Waals surface area contributed by atoms with Crippen LogP contribution < -0.4 is 0 Å². The molecule has 90 valence electrons. The van der Waals surface area contributed by atoms with E-state index in [9.17, 15) is 9.59 Å². The van der Waals surface area contributed by atoms with E-state index in [1.807, 2.05) is 0 Å². The standard InChI is InChI=1S/C13H15NO3/c1-3-8-14(10(2)15)9-11-4-6-12(7-5-11)13(16)17/h3-7H,1,8-9H2,2H3,(H,16,17). The van der Waals surface area contributed by atoms with Crippen molar-refractivity contribution in [3.8, 4) is 0 Å². The highest BCUT2D eigenvalue weighted by atomic mass is 16.4. The predicted molar refractivity (Wildman–Crippen MR) is 64.7 cm³/mol. The Hall–Kier alpha value is -2.10. The molecule has 1 aromatic rings. The average Bonchev–Trinajstić information content (AvgIpc) is 2.29. The minimum absolute atomic E-state index is 0.0350. The van der Waals surface area contributed by atoms with Gasteiger partial charge in [-0.1, -0.05) is 18.2 Å². The molecule has 0 unspecified atom stereocenters. The Morgan fingerprint density at radius 1 is 1.35 bits per heavy atom. The second-order valence-electron chi connectivity index (χ2n) is 3.69. The highest BCUT2D eigenvalue weighted by Crippen LogP contribution is 2.08. The Balaban J connectivity index is 2.76. The Labute approximate surface area is 100 Å². The summed E-state index contributed by atoms with van der Waals surface area (Å²) in [4.78, 5) is 23.6. The molecule has 0 aromatic heterocycles. The highest BCUT2D eigenvalue weighted by Gasteiger charge is 2.08. The van der Waals surface area contributed by atoms with Gasteiger partial charge in [-0.2, -0.15) is 0 Å². The molecule has 0 atom stereocenters. The zero-order valence-electron chi connectivity index (χ0n) is 9.72. The molecule has 0 saturated heterocycles. The van der Waals surface area contributed by atoms with E-state index in [1.165, 1.54) is 19.1 Å². The normalized spacial score (nSPS) is 9.71. The Bertz CT molecular complexity index is 423. The number of benzene rings is 1. The van der Waals surface area contributed by atoms with Crippen LogP contribution in [-0.4, -0.2) is 28.4 Å². The lowest BCUT2D eigenvalue weighted by Crippen LogP contribution is -2.28. The van der Waals surface area contributed by atoms with Crippen LogP contribution in [0.2, 0.25) is 0 Å². The first-order valence-corrected chi connectivity index (χ1v) is 5.23. The van der Waals surface area contributed by atoms with Crippen LogP contribution in [0.5, 0.6) is 0 Å². The molecule has 0 aliphatic rings. The smallest absolute Gasteiger partial charge is 0.335 e. The maximum absolute atomic E-state index is 11.3. The van der Waals surface area contributed by atoms with Crippen LogP contribution in [0, 0.1) is 0 Å². The minimum atomic E-state index is -0.953. The van der Waals surface area contributed by atoms with E-state index in [0.717, 1.165) is 5.56 Å². The topological polar surface area (TPSA) is 57.6 Å². The Morgan fingerprint density at radius 3 is 2.35 bits per heavy atom. The van der Waals surface area contributed by atoms with Crippen molar-refractivity contribution in [2.24, 2.45) is 0 Å². The second kappa shape index (κ2) is 5.84. The largest absolute Gasteiger partial charge is 0.478 e. The van der Waals surface area contributed by atoms with Gasteiger partial charge >= 0.3 is 5.97 Å². The molecule has 0 saturated carbocycles. The molecule has 4 nitrogen and oxygen atoms in total. The summed E-state index contributed by atoms with van der Waals surface area (Å²) in [5.74, 6) is -0.988. The summed E-state index contributed by atoms with van der Waals surface area (Å²) in [5.41, 5.74) is 1.14. The molecule has 17 heavy (non-hydrogen) atoms. The van der Waals surface area contributed by atoms with Crippen molar-refractivity contribution < 1.29 is 14.7 Å². The van der Waals surface area contributed by atoms with Gasteiger partial charge in [0, 0.05) is 20.0 Å². The lowest BCUT2D eigenvalue weighted by Gasteiger charge is -2.19. The van der Waals surface area contributed by atoms with Crippen LogP contribution in [0.25, 0.3) is 0 Å². The van der Waals surface area contributed by atoms with Crippen molar-refractivity contribution in [1.82, 2.24) is 4.90 Å². The third-order valence-electron chi connectivity index (χ3n) is 2.37. The Kier molecular flexibility index (Phi) is 4.46. The van der Waals surface area contributed by atoms with E-state index in [-0.39, 0.29) is 11.5 Å². The summed E-state index contributed by atoms with van der Waals surface area (Å²) in [6, 6.07) is 6.48. The van der Waals surface area contributed by atoms with E-state index in [0.29, 0.717) is 13.1 Å². The Morgan fingerprint density at radius 2 is 1.94 bits per heavy atom. The van der Waals surface area contributed by atoms with E-state index < -0.39 is 5.97 Å². The molecule has 1 N–H and O–H groups in total. The summed E-state index contributed by atoms with van der Waals surface area (Å²) in [5, 5.41) is 8.75. The van der Waals surface area contributed by atoms with E-state index >= 15 is 0 Å². The molecule has 0 spiro atoms. The van der Waals surface area contributed by atoms with Crippen LogP contribution in [0.4, 0.5) is 0 Å². The van der Waals surface area contributed by atoms with E-state index in [2.05, 4.69) is 6.58 Å². The van der Waals surface area contributed by atoms with Gasteiger partial charge in [0.15, 0.2) is 0 Å². The van der Waals surface area contributed by atoms with Gasteiger partial charge in [-0.15, -0.1) is 6.58 Å². The van der Waals surface area contributed by atoms with Gasteiger partial charge in [-0.05, 0) is 17.7 Å². The minimum Gasteiger partial charge on any atom is -0.478 e. The number of amides is 1. The second-order valence-corrected chi connectivity index (χ2v) is 3.69. The molecule has 0 fully saturated rings. The number of rotatable bonds is 5. The highest BCUT2D eigenvalue weighted by molar-refractivity contribution is 5.87. The molecule has 4 heteroatoms.